The lowest BCUT2D eigenvalue weighted by molar-refractivity contribution is -0.121. The van der Waals surface area contributed by atoms with Crippen LogP contribution < -0.4 is 10.2 Å². The standard InChI is InChI=1S/C27H32N2O4S/c1-18-5-9-24(20(3)15-18)27(25-10-6-21(4)33-25)28-26(30)17-22-7-8-23(16-19(22)2)29-11-13-34(31,32)14-12-29/h5-10,15-16,27H,11-14,17H2,1-4H3,(H,28,30). The second kappa shape index (κ2) is 9.66. The predicted molar refractivity (Wildman–Crippen MR) is 135 cm³/mol. The van der Waals surface area contributed by atoms with Crippen molar-refractivity contribution in [1.82, 2.24) is 5.32 Å². The van der Waals surface area contributed by atoms with E-state index < -0.39 is 9.84 Å². The molecule has 2 heterocycles. The molecule has 0 aliphatic carbocycles. The van der Waals surface area contributed by atoms with Crippen molar-refractivity contribution in [3.05, 3.63) is 87.9 Å². The first-order valence-electron chi connectivity index (χ1n) is 11.6. The molecule has 7 heteroatoms. The van der Waals surface area contributed by atoms with E-state index in [1.165, 1.54) is 5.56 Å². The maximum absolute atomic E-state index is 13.1. The fourth-order valence-electron chi connectivity index (χ4n) is 4.49. The van der Waals surface area contributed by atoms with Gasteiger partial charge in [-0.15, -0.1) is 0 Å². The number of sulfone groups is 1. The summed E-state index contributed by atoms with van der Waals surface area (Å²) in [7, 11) is -2.92. The van der Waals surface area contributed by atoms with E-state index in [2.05, 4.69) is 23.2 Å². The topological polar surface area (TPSA) is 79.6 Å². The second-order valence-corrected chi connectivity index (χ2v) is 11.5. The summed E-state index contributed by atoms with van der Waals surface area (Å²) in [4.78, 5) is 15.2. The first-order valence-corrected chi connectivity index (χ1v) is 13.4. The Bertz CT molecular complexity index is 1300. The van der Waals surface area contributed by atoms with Gasteiger partial charge in [-0.1, -0.05) is 29.8 Å². The second-order valence-electron chi connectivity index (χ2n) is 9.24. The van der Waals surface area contributed by atoms with Crippen molar-refractivity contribution in [1.29, 1.82) is 0 Å². The van der Waals surface area contributed by atoms with Gasteiger partial charge in [-0.2, -0.15) is 0 Å². The molecule has 0 saturated carbocycles. The van der Waals surface area contributed by atoms with Crippen LogP contribution in [0.1, 0.15) is 45.4 Å². The molecule has 4 rings (SSSR count). The number of nitrogens with zero attached hydrogens (tertiary/aromatic N) is 1. The van der Waals surface area contributed by atoms with E-state index in [0.29, 0.717) is 18.8 Å². The van der Waals surface area contributed by atoms with Gasteiger partial charge >= 0.3 is 0 Å². The quantitative estimate of drug-likeness (QED) is 0.572. The maximum atomic E-state index is 13.1. The number of amides is 1. The van der Waals surface area contributed by atoms with Crippen LogP contribution in [0.15, 0.2) is 52.9 Å². The summed E-state index contributed by atoms with van der Waals surface area (Å²) in [5, 5.41) is 3.18. The minimum Gasteiger partial charge on any atom is -0.464 e. The number of anilines is 1. The van der Waals surface area contributed by atoms with E-state index in [1.54, 1.807) is 0 Å². The zero-order chi connectivity index (χ0) is 24.5. The number of nitrogens with one attached hydrogen (secondary N) is 1. The van der Waals surface area contributed by atoms with Crippen molar-refractivity contribution in [2.45, 2.75) is 40.2 Å². The molecule has 6 nitrogen and oxygen atoms in total. The molecule has 3 aromatic rings. The largest absolute Gasteiger partial charge is 0.464 e. The number of benzene rings is 2. The Hall–Kier alpha value is -3.06. The molecule has 1 unspecified atom stereocenters. The molecule has 0 radical (unpaired) electrons. The molecule has 1 N–H and O–H groups in total. The molecule has 0 bridgehead atoms. The smallest absolute Gasteiger partial charge is 0.225 e. The number of hydrogen-bond donors (Lipinski definition) is 1. The molecular formula is C27H32N2O4S. The summed E-state index contributed by atoms with van der Waals surface area (Å²) in [5.41, 5.74) is 6.24. The molecule has 34 heavy (non-hydrogen) atoms. The summed E-state index contributed by atoms with van der Waals surface area (Å²) in [6.07, 6.45) is 0.252. The van der Waals surface area contributed by atoms with E-state index in [-0.39, 0.29) is 29.9 Å². The van der Waals surface area contributed by atoms with Gasteiger partial charge in [-0.3, -0.25) is 4.79 Å². The molecule has 0 spiro atoms. The van der Waals surface area contributed by atoms with Crippen LogP contribution in [-0.4, -0.2) is 38.9 Å². The Morgan fingerprint density at radius 2 is 1.71 bits per heavy atom. The fourth-order valence-corrected chi connectivity index (χ4v) is 5.69. The van der Waals surface area contributed by atoms with E-state index in [9.17, 15) is 13.2 Å². The van der Waals surface area contributed by atoms with Crippen LogP contribution in [-0.2, 0) is 21.1 Å². The van der Waals surface area contributed by atoms with E-state index in [4.69, 9.17) is 4.42 Å². The Morgan fingerprint density at radius 3 is 2.32 bits per heavy atom. The van der Waals surface area contributed by atoms with Crippen LogP contribution in [0.25, 0.3) is 0 Å². The van der Waals surface area contributed by atoms with Gasteiger partial charge in [-0.05, 0) is 74.2 Å². The molecular weight excluding hydrogens is 448 g/mol. The lowest BCUT2D eigenvalue weighted by Crippen LogP contribution is -2.40. The Morgan fingerprint density at radius 1 is 0.971 bits per heavy atom. The number of hydrogen-bond acceptors (Lipinski definition) is 5. The molecule has 180 valence electrons. The summed E-state index contributed by atoms with van der Waals surface area (Å²) in [6.45, 7) is 8.99. The van der Waals surface area contributed by atoms with Crippen molar-refractivity contribution in [2.75, 3.05) is 29.5 Å². The van der Waals surface area contributed by atoms with Gasteiger partial charge in [0.2, 0.25) is 5.91 Å². The maximum Gasteiger partial charge on any atom is 0.225 e. The molecule has 1 saturated heterocycles. The van der Waals surface area contributed by atoms with Gasteiger partial charge in [-0.25, -0.2) is 8.42 Å². The average Bonchev–Trinajstić information content (AvgIpc) is 3.20. The van der Waals surface area contributed by atoms with E-state index >= 15 is 0 Å². The molecule has 1 fully saturated rings. The first kappa shape index (κ1) is 24.1. The monoisotopic (exact) mass is 480 g/mol. The van der Waals surface area contributed by atoms with Crippen LogP contribution in [0.3, 0.4) is 0 Å². The molecule has 2 aromatic carbocycles. The van der Waals surface area contributed by atoms with Crippen LogP contribution in [0, 0.1) is 27.7 Å². The molecule has 1 aliphatic rings. The summed E-state index contributed by atoms with van der Waals surface area (Å²) >= 11 is 0. The number of aryl methyl sites for hydroxylation is 4. The highest BCUT2D eigenvalue weighted by Gasteiger charge is 2.24. The third kappa shape index (κ3) is 5.53. The molecule has 1 aromatic heterocycles. The van der Waals surface area contributed by atoms with Crippen molar-refractivity contribution < 1.29 is 17.6 Å². The van der Waals surface area contributed by atoms with Gasteiger partial charge < -0.3 is 14.6 Å². The molecule has 1 aliphatic heterocycles. The lowest BCUT2D eigenvalue weighted by atomic mass is 9.97. The minimum absolute atomic E-state index is 0.0843. The zero-order valence-corrected chi connectivity index (χ0v) is 21.0. The minimum atomic E-state index is -2.92. The highest BCUT2D eigenvalue weighted by Crippen LogP contribution is 2.28. The first-order chi connectivity index (χ1) is 16.1. The third-order valence-electron chi connectivity index (χ3n) is 6.47. The lowest BCUT2D eigenvalue weighted by Gasteiger charge is -2.29. The van der Waals surface area contributed by atoms with Crippen molar-refractivity contribution in [3.63, 3.8) is 0 Å². The Labute approximate surface area is 201 Å². The van der Waals surface area contributed by atoms with Gasteiger partial charge in [0.25, 0.3) is 0 Å². The Balaban J connectivity index is 1.50. The van der Waals surface area contributed by atoms with Crippen molar-refractivity contribution in [2.24, 2.45) is 0 Å². The van der Waals surface area contributed by atoms with Gasteiger partial charge in [0.15, 0.2) is 9.84 Å². The van der Waals surface area contributed by atoms with Crippen LogP contribution >= 0.6 is 0 Å². The van der Waals surface area contributed by atoms with Gasteiger partial charge in [0.1, 0.15) is 17.6 Å². The third-order valence-corrected chi connectivity index (χ3v) is 8.08. The zero-order valence-electron chi connectivity index (χ0n) is 20.2. The number of carbonyl (C=O) groups excluding carboxylic acids is 1. The fraction of sp³-hybridized carbons (Fsp3) is 0.370. The van der Waals surface area contributed by atoms with Crippen LogP contribution in [0.4, 0.5) is 5.69 Å². The summed E-state index contributed by atoms with van der Waals surface area (Å²) in [6, 6.07) is 15.7. The highest BCUT2D eigenvalue weighted by atomic mass is 32.2. The van der Waals surface area contributed by atoms with E-state index in [1.807, 2.05) is 63.2 Å². The number of rotatable bonds is 6. The SMILES string of the molecule is Cc1ccc(C(NC(=O)Cc2ccc(N3CCS(=O)(=O)CC3)cc2C)c2ccc(C)o2)c(C)c1. The Kier molecular flexibility index (Phi) is 6.84. The van der Waals surface area contributed by atoms with Crippen molar-refractivity contribution >= 4 is 21.4 Å². The summed E-state index contributed by atoms with van der Waals surface area (Å²) in [5.74, 6) is 1.80. The average molecular weight is 481 g/mol. The van der Waals surface area contributed by atoms with Crippen molar-refractivity contribution in [3.8, 4) is 0 Å². The van der Waals surface area contributed by atoms with E-state index in [0.717, 1.165) is 33.7 Å². The summed E-state index contributed by atoms with van der Waals surface area (Å²) < 4.78 is 29.3. The van der Waals surface area contributed by atoms with Crippen LogP contribution in [0.2, 0.25) is 0 Å². The number of carbonyl (C=O) groups is 1. The van der Waals surface area contributed by atoms with Crippen LogP contribution in [0.5, 0.6) is 0 Å². The molecule has 1 amide bonds. The highest BCUT2D eigenvalue weighted by molar-refractivity contribution is 7.91. The molecule has 1 atom stereocenters. The van der Waals surface area contributed by atoms with Gasteiger partial charge in [0, 0.05) is 18.8 Å². The predicted octanol–water partition coefficient (Wildman–Crippen LogP) is 4.20. The number of furan rings is 1. The van der Waals surface area contributed by atoms with Gasteiger partial charge in [0.05, 0.1) is 17.9 Å². The normalized spacial score (nSPS) is 16.3.